The molecule has 0 bridgehead atoms. The average molecular weight is 269 g/mol. The molecule has 0 amide bonds. The lowest BCUT2D eigenvalue weighted by atomic mass is 10.3. The van der Waals surface area contributed by atoms with Crippen molar-refractivity contribution in [3.05, 3.63) is 45.7 Å². The molecule has 0 atom stereocenters. The van der Waals surface area contributed by atoms with Crippen LogP contribution in [0.25, 0.3) is 5.69 Å². The fourth-order valence-corrected chi connectivity index (χ4v) is 1.72. The molecule has 7 heteroatoms. The van der Waals surface area contributed by atoms with E-state index in [-0.39, 0.29) is 5.69 Å². The largest absolute Gasteiger partial charge is 0.312 e. The van der Waals surface area contributed by atoms with E-state index in [9.17, 15) is 10.1 Å². The molecule has 0 saturated carbocycles. The second kappa shape index (κ2) is 3.77. The van der Waals surface area contributed by atoms with Crippen molar-refractivity contribution < 1.29 is 4.92 Å². The van der Waals surface area contributed by atoms with Gasteiger partial charge >= 0.3 is 5.69 Å². The number of nitrogens with zero attached hydrogens (tertiary/aromatic N) is 4. The van der Waals surface area contributed by atoms with Crippen molar-refractivity contribution in [3.8, 4) is 5.69 Å². The Morgan fingerprint density at radius 3 is 2.80 bits per heavy atom. The van der Waals surface area contributed by atoms with Crippen LogP contribution in [-0.2, 0) is 0 Å². The minimum absolute atomic E-state index is 0.0672. The van der Waals surface area contributed by atoms with Gasteiger partial charge in [-0.15, -0.1) is 0 Å². The van der Waals surface area contributed by atoms with Gasteiger partial charge in [0.2, 0.25) is 0 Å². The van der Waals surface area contributed by atoms with Crippen LogP contribution in [-0.4, -0.2) is 19.5 Å². The number of pyridine rings is 1. The normalized spacial score (nSPS) is 10.2. The van der Waals surface area contributed by atoms with Crippen molar-refractivity contribution in [1.29, 1.82) is 0 Å². The number of imidazole rings is 1. The number of nitro groups is 1. The molecular weight excluding hydrogens is 264 g/mol. The number of rotatable bonds is 2. The third-order valence-corrected chi connectivity index (χ3v) is 2.39. The summed E-state index contributed by atoms with van der Waals surface area (Å²) in [5, 5.41) is 10.8. The van der Waals surface area contributed by atoms with E-state index in [2.05, 4.69) is 25.9 Å². The van der Waals surface area contributed by atoms with E-state index < -0.39 is 4.92 Å². The zero-order chi connectivity index (χ0) is 10.8. The summed E-state index contributed by atoms with van der Waals surface area (Å²) in [4.78, 5) is 17.9. The Morgan fingerprint density at radius 1 is 1.40 bits per heavy atom. The van der Waals surface area contributed by atoms with E-state index in [4.69, 9.17) is 0 Å². The molecule has 0 unspecified atom stereocenters. The Morgan fingerprint density at radius 2 is 2.20 bits per heavy atom. The highest BCUT2D eigenvalue weighted by molar-refractivity contribution is 9.10. The smallest absolute Gasteiger partial charge is 0.299 e. The van der Waals surface area contributed by atoms with E-state index in [1.165, 1.54) is 18.7 Å². The number of halogens is 1. The Labute approximate surface area is 92.9 Å². The third kappa shape index (κ3) is 1.73. The average Bonchev–Trinajstić information content (AvgIpc) is 2.70. The summed E-state index contributed by atoms with van der Waals surface area (Å²) in [6.45, 7) is 0. The monoisotopic (exact) mass is 268 g/mol. The molecule has 6 nitrogen and oxygen atoms in total. The Bertz CT molecular complexity index is 497. The van der Waals surface area contributed by atoms with Crippen LogP contribution in [0.3, 0.4) is 0 Å². The highest BCUT2D eigenvalue weighted by Crippen LogP contribution is 2.28. The van der Waals surface area contributed by atoms with Crippen LogP contribution < -0.4 is 0 Å². The lowest BCUT2D eigenvalue weighted by Crippen LogP contribution is -2.00. The molecular formula is C8H5BrN4O2. The predicted octanol–water partition coefficient (Wildman–Crippen LogP) is 1.94. The summed E-state index contributed by atoms with van der Waals surface area (Å²) < 4.78 is 2.11. The first-order valence-corrected chi connectivity index (χ1v) is 4.75. The molecule has 0 fully saturated rings. The van der Waals surface area contributed by atoms with Crippen LogP contribution in [0.2, 0.25) is 0 Å². The zero-order valence-electron chi connectivity index (χ0n) is 7.37. The van der Waals surface area contributed by atoms with Gasteiger partial charge in [0.25, 0.3) is 0 Å². The molecule has 0 saturated heterocycles. The molecule has 2 heterocycles. The van der Waals surface area contributed by atoms with Crippen molar-refractivity contribution in [2.45, 2.75) is 0 Å². The highest BCUT2D eigenvalue weighted by Gasteiger charge is 2.18. The summed E-state index contributed by atoms with van der Waals surface area (Å²) in [7, 11) is 0. The van der Waals surface area contributed by atoms with Crippen LogP contribution in [0, 0.1) is 10.1 Å². The van der Waals surface area contributed by atoms with Gasteiger partial charge in [0, 0.05) is 18.6 Å². The molecule has 15 heavy (non-hydrogen) atoms. The summed E-state index contributed by atoms with van der Waals surface area (Å²) >= 11 is 3.22. The SMILES string of the molecule is O=[N+]([O-])c1cncc(Br)c1-n1ccnc1. The van der Waals surface area contributed by atoms with Gasteiger partial charge in [0.05, 0.1) is 15.7 Å². The molecule has 0 radical (unpaired) electrons. The third-order valence-electron chi connectivity index (χ3n) is 1.81. The minimum Gasteiger partial charge on any atom is -0.299 e. The summed E-state index contributed by atoms with van der Waals surface area (Å²) in [5.74, 6) is 0. The van der Waals surface area contributed by atoms with Gasteiger partial charge in [-0.2, -0.15) is 0 Å². The summed E-state index contributed by atoms with van der Waals surface area (Å²) in [6, 6.07) is 0. The van der Waals surface area contributed by atoms with Crippen LogP contribution in [0.4, 0.5) is 5.69 Å². The maximum Gasteiger partial charge on any atom is 0.312 e. The molecule has 2 rings (SSSR count). The van der Waals surface area contributed by atoms with Crippen molar-refractivity contribution in [1.82, 2.24) is 14.5 Å². The summed E-state index contributed by atoms with van der Waals surface area (Å²) in [6.07, 6.45) is 7.39. The second-order valence-corrected chi connectivity index (χ2v) is 3.57. The minimum atomic E-state index is -0.479. The molecule has 2 aromatic rings. The first-order valence-electron chi connectivity index (χ1n) is 3.96. The van der Waals surface area contributed by atoms with Gasteiger partial charge < -0.3 is 0 Å². The molecule has 0 aromatic carbocycles. The molecule has 0 N–H and O–H groups in total. The highest BCUT2D eigenvalue weighted by atomic mass is 79.9. The topological polar surface area (TPSA) is 73.8 Å². The molecule has 0 aliphatic rings. The van der Waals surface area contributed by atoms with E-state index >= 15 is 0 Å². The molecule has 0 aliphatic carbocycles. The molecule has 2 aromatic heterocycles. The fraction of sp³-hybridized carbons (Fsp3) is 0. The Balaban J connectivity index is 2.68. The lowest BCUT2D eigenvalue weighted by molar-refractivity contribution is -0.385. The van der Waals surface area contributed by atoms with Gasteiger partial charge in [0.1, 0.15) is 11.9 Å². The van der Waals surface area contributed by atoms with Crippen molar-refractivity contribution >= 4 is 21.6 Å². The standard InChI is InChI=1S/C8H5BrN4O2/c9-6-3-11-4-7(13(14)15)8(6)12-2-1-10-5-12/h1-5H. The van der Waals surface area contributed by atoms with Gasteiger partial charge in [-0.25, -0.2) is 4.98 Å². The van der Waals surface area contributed by atoms with Crippen LogP contribution in [0.15, 0.2) is 35.6 Å². The number of aromatic nitrogens is 3. The predicted molar refractivity (Wildman–Crippen MR) is 55.7 cm³/mol. The zero-order valence-corrected chi connectivity index (χ0v) is 8.96. The van der Waals surface area contributed by atoms with Gasteiger partial charge in [0.15, 0.2) is 0 Å². The van der Waals surface area contributed by atoms with Crippen molar-refractivity contribution in [2.75, 3.05) is 0 Å². The van der Waals surface area contributed by atoms with E-state index in [0.717, 1.165) is 0 Å². The lowest BCUT2D eigenvalue weighted by Gasteiger charge is -2.04. The Kier molecular flexibility index (Phi) is 2.46. The maximum absolute atomic E-state index is 10.8. The van der Waals surface area contributed by atoms with E-state index in [1.807, 2.05) is 0 Å². The Hall–Kier alpha value is -1.76. The van der Waals surface area contributed by atoms with Crippen LogP contribution in [0.1, 0.15) is 0 Å². The molecule has 0 aliphatic heterocycles. The number of hydrogen-bond donors (Lipinski definition) is 0. The first-order chi connectivity index (χ1) is 7.20. The van der Waals surface area contributed by atoms with Crippen LogP contribution >= 0.6 is 15.9 Å². The quantitative estimate of drug-likeness (QED) is 0.616. The van der Waals surface area contributed by atoms with E-state index in [1.54, 1.807) is 17.0 Å². The van der Waals surface area contributed by atoms with Gasteiger partial charge in [-0.05, 0) is 15.9 Å². The van der Waals surface area contributed by atoms with Gasteiger partial charge in [-0.1, -0.05) is 0 Å². The second-order valence-electron chi connectivity index (χ2n) is 2.72. The maximum atomic E-state index is 10.8. The van der Waals surface area contributed by atoms with Crippen LogP contribution in [0.5, 0.6) is 0 Å². The molecule has 0 spiro atoms. The first kappa shape index (κ1) is 9.78. The van der Waals surface area contributed by atoms with E-state index in [0.29, 0.717) is 10.2 Å². The summed E-state index contributed by atoms with van der Waals surface area (Å²) in [5.41, 5.74) is 0.356. The van der Waals surface area contributed by atoms with Crippen molar-refractivity contribution in [3.63, 3.8) is 0 Å². The number of hydrogen-bond acceptors (Lipinski definition) is 4. The molecule has 76 valence electrons. The van der Waals surface area contributed by atoms with Crippen molar-refractivity contribution in [2.24, 2.45) is 0 Å². The van der Waals surface area contributed by atoms with Gasteiger partial charge in [-0.3, -0.25) is 19.7 Å². The fourth-order valence-electron chi connectivity index (χ4n) is 1.20.